The number of hydrogen-bond donors (Lipinski definition) is 2. The number of carbonyl (C=O) groups excluding carboxylic acids is 2. The highest BCUT2D eigenvalue weighted by atomic mass is 32.2. The maximum atomic E-state index is 12.9. The van der Waals surface area contributed by atoms with Crippen LogP contribution in [-0.4, -0.2) is 11.8 Å². The number of fused-ring (bicyclic) bond motifs is 2. The van der Waals surface area contributed by atoms with Crippen LogP contribution in [0.5, 0.6) is 0 Å². The SMILES string of the molecule is O=C1Nc2cc(C(F)(F)F)ccc2S/C1=C1/Sc2ccc(C(F)(F)F)cc2NC1=O. The van der Waals surface area contributed by atoms with Gasteiger partial charge in [0.25, 0.3) is 11.8 Å². The van der Waals surface area contributed by atoms with Crippen LogP contribution >= 0.6 is 23.5 Å². The lowest BCUT2D eigenvalue weighted by Gasteiger charge is -2.25. The van der Waals surface area contributed by atoms with Gasteiger partial charge in [0.15, 0.2) is 0 Å². The highest BCUT2D eigenvalue weighted by Gasteiger charge is 2.36. The minimum Gasteiger partial charge on any atom is -0.320 e. The number of alkyl halides is 6. The molecule has 2 aliphatic rings. The van der Waals surface area contributed by atoms with Gasteiger partial charge in [0.2, 0.25) is 0 Å². The highest BCUT2D eigenvalue weighted by Crippen LogP contribution is 2.48. The molecule has 2 heterocycles. The fraction of sp³-hybridized carbons (Fsp3) is 0.111. The molecule has 0 atom stereocenters. The zero-order valence-corrected chi connectivity index (χ0v) is 16.0. The molecule has 2 N–H and O–H groups in total. The summed E-state index contributed by atoms with van der Waals surface area (Å²) < 4.78 is 77.2. The van der Waals surface area contributed by atoms with Crippen LogP contribution in [0.4, 0.5) is 37.7 Å². The summed E-state index contributed by atoms with van der Waals surface area (Å²) in [4.78, 5) is 25.4. The van der Waals surface area contributed by atoms with Gasteiger partial charge in [0.1, 0.15) is 0 Å². The Kier molecular flexibility index (Phi) is 4.81. The number of nitrogens with one attached hydrogen (secondary N) is 2. The van der Waals surface area contributed by atoms with Gasteiger partial charge < -0.3 is 10.6 Å². The summed E-state index contributed by atoms with van der Waals surface area (Å²) >= 11 is 1.63. The quantitative estimate of drug-likeness (QED) is 0.388. The van der Waals surface area contributed by atoms with Crippen LogP contribution in [0.1, 0.15) is 11.1 Å². The maximum Gasteiger partial charge on any atom is 0.416 e. The molecule has 0 fully saturated rings. The van der Waals surface area contributed by atoms with Crippen molar-refractivity contribution in [3.05, 3.63) is 57.3 Å². The van der Waals surface area contributed by atoms with Gasteiger partial charge >= 0.3 is 12.4 Å². The van der Waals surface area contributed by atoms with E-state index in [2.05, 4.69) is 10.6 Å². The number of carbonyl (C=O) groups is 2. The van der Waals surface area contributed by atoms with Crippen molar-refractivity contribution in [1.82, 2.24) is 0 Å². The average molecular weight is 462 g/mol. The van der Waals surface area contributed by atoms with Crippen LogP contribution in [-0.2, 0) is 21.9 Å². The summed E-state index contributed by atoms with van der Waals surface area (Å²) in [7, 11) is 0. The van der Waals surface area contributed by atoms with E-state index in [1.165, 1.54) is 12.1 Å². The van der Waals surface area contributed by atoms with Gasteiger partial charge in [-0.1, -0.05) is 23.5 Å². The summed E-state index contributed by atoms with van der Waals surface area (Å²) in [6, 6.07) is 5.66. The van der Waals surface area contributed by atoms with Crippen molar-refractivity contribution in [3.8, 4) is 0 Å². The van der Waals surface area contributed by atoms with E-state index in [9.17, 15) is 35.9 Å². The third-order valence-electron chi connectivity index (χ3n) is 4.15. The van der Waals surface area contributed by atoms with Gasteiger partial charge in [-0.05, 0) is 36.4 Å². The van der Waals surface area contributed by atoms with E-state index in [4.69, 9.17) is 0 Å². The molecule has 0 aliphatic carbocycles. The number of benzene rings is 2. The Labute approximate surface area is 173 Å². The zero-order valence-electron chi connectivity index (χ0n) is 14.4. The fourth-order valence-corrected chi connectivity index (χ4v) is 4.82. The molecule has 2 amide bonds. The van der Waals surface area contributed by atoms with Crippen molar-refractivity contribution >= 4 is 46.7 Å². The lowest BCUT2D eigenvalue weighted by Crippen LogP contribution is -2.25. The van der Waals surface area contributed by atoms with Crippen molar-refractivity contribution in [1.29, 1.82) is 0 Å². The first-order valence-corrected chi connectivity index (χ1v) is 9.72. The summed E-state index contributed by atoms with van der Waals surface area (Å²) in [5.41, 5.74) is -1.95. The zero-order chi connectivity index (χ0) is 21.8. The molecule has 156 valence electrons. The van der Waals surface area contributed by atoms with Crippen molar-refractivity contribution in [2.45, 2.75) is 22.1 Å². The first kappa shape index (κ1) is 20.7. The largest absolute Gasteiger partial charge is 0.416 e. The third-order valence-corrected chi connectivity index (χ3v) is 6.62. The minimum atomic E-state index is -4.58. The molecule has 4 nitrogen and oxygen atoms in total. The highest BCUT2D eigenvalue weighted by molar-refractivity contribution is 8.08. The lowest BCUT2D eigenvalue weighted by atomic mass is 10.2. The molecule has 0 saturated heterocycles. The number of amides is 2. The Balaban J connectivity index is 1.69. The first-order valence-electron chi connectivity index (χ1n) is 8.08. The van der Waals surface area contributed by atoms with Crippen molar-refractivity contribution in [3.63, 3.8) is 0 Å². The molecule has 0 saturated carbocycles. The van der Waals surface area contributed by atoms with E-state index in [-0.39, 0.29) is 21.2 Å². The molecule has 2 aromatic rings. The van der Waals surface area contributed by atoms with Gasteiger partial charge in [-0.15, -0.1) is 0 Å². The molecule has 30 heavy (non-hydrogen) atoms. The Morgan fingerprint density at radius 2 is 1.00 bits per heavy atom. The molecule has 0 unspecified atom stereocenters. The first-order chi connectivity index (χ1) is 13.9. The van der Waals surface area contributed by atoms with E-state index in [0.29, 0.717) is 9.79 Å². The van der Waals surface area contributed by atoms with Gasteiger partial charge in [-0.3, -0.25) is 9.59 Å². The number of rotatable bonds is 0. The third kappa shape index (κ3) is 3.76. The van der Waals surface area contributed by atoms with Gasteiger partial charge in [-0.25, -0.2) is 0 Å². The van der Waals surface area contributed by atoms with Crippen LogP contribution in [0.3, 0.4) is 0 Å². The monoisotopic (exact) mass is 462 g/mol. The van der Waals surface area contributed by atoms with E-state index in [1.54, 1.807) is 0 Å². The second kappa shape index (κ2) is 6.98. The van der Waals surface area contributed by atoms with Crippen LogP contribution in [0.15, 0.2) is 56.0 Å². The number of thioether (sulfide) groups is 2. The van der Waals surface area contributed by atoms with Crippen molar-refractivity contribution in [2.75, 3.05) is 10.6 Å². The predicted molar refractivity (Wildman–Crippen MR) is 98.9 cm³/mol. The molecule has 0 radical (unpaired) electrons. The number of anilines is 2. The molecular weight excluding hydrogens is 454 g/mol. The standard InChI is InChI=1S/C18H8F6N2O2S2/c19-17(20,21)7-1-3-11-9(5-7)25-15(27)13(29-11)14-16(28)26-10-6-8(18(22,23)24)2-4-12(10)30-14/h1-6H,(H,25,27)(H,26,28)/b14-13+. The van der Waals surface area contributed by atoms with Crippen molar-refractivity contribution < 1.29 is 35.9 Å². The molecule has 0 aromatic heterocycles. The second-order valence-corrected chi connectivity index (χ2v) is 8.29. The van der Waals surface area contributed by atoms with Gasteiger partial charge in [0, 0.05) is 9.79 Å². The van der Waals surface area contributed by atoms with E-state index < -0.39 is 35.3 Å². The van der Waals surface area contributed by atoms with Gasteiger partial charge in [-0.2, -0.15) is 26.3 Å². The van der Waals surface area contributed by atoms with E-state index >= 15 is 0 Å². The molecule has 0 bridgehead atoms. The smallest absolute Gasteiger partial charge is 0.320 e. The van der Waals surface area contributed by atoms with Crippen LogP contribution in [0, 0.1) is 0 Å². The molecule has 0 spiro atoms. The summed E-state index contributed by atoms with van der Waals surface area (Å²) in [6.07, 6.45) is -9.16. The van der Waals surface area contributed by atoms with Crippen LogP contribution in [0.2, 0.25) is 0 Å². The minimum absolute atomic E-state index is 0.0411. The summed E-state index contributed by atoms with van der Waals surface area (Å²) in [5.74, 6) is -1.56. The van der Waals surface area contributed by atoms with Gasteiger partial charge in [0.05, 0.1) is 32.3 Å². The predicted octanol–water partition coefficient (Wildman–Crippen LogP) is 5.72. The van der Waals surface area contributed by atoms with E-state index in [1.807, 2.05) is 0 Å². The second-order valence-electron chi connectivity index (χ2n) is 6.19. The average Bonchev–Trinajstić information content (AvgIpc) is 2.64. The molecule has 2 aliphatic heterocycles. The van der Waals surface area contributed by atoms with Crippen LogP contribution < -0.4 is 10.6 Å². The number of hydrogen-bond acceptors (Lipinski definition) is 4. The maximum absolute atomic E-state index is 12.9. The Bertz CT molecular complexity index is 1040. The normalized spacial score (nSPS) is 19.0. The summed E-state index contributed by atoms with van der Waals surface area (Å²) in [5, 5.41) is 4.67. The Hall–Kier alpha value is -2.60. The Morgan fingerprint density at radius 3 is 1.33 bits per heavy atom. The molecule has 2 aromatic carbocycles. The number of halogens is 6. The Morgan fingerprint density at radius 1 is 0.633 bits per heavy atom. The van der Waals surface area contributed by atoms with Crippen molar-refractivity contribution in [2.24, 2.45) is 0 Å². The fourth-order valence-electron chi connectivity index (χ4n) is 2.76. The lowest BCUT2D eigenvalue weighted by molar-refractivity contribution is -0.138. The molecule has 4 rings (SSSR count). The topological polar surface area (TPSA) is 58.2 Å². The van der Waals surface area contributed by atoms with Crippen LogP contribution in [0.25, 0.3) is 0 Å². The molecular formula is C18H8F6N2O2S2. The van der Waals surface area contributed by atoms with E-state index in [0.717, 1.165) is 47.8 Å². The molecule has 12 heteroatoms. The summed E-state index contributed by atoms with van der Waals surface area (Å²) in [6.45, 7) is 0.